The van der Waals surface area contributed by atoms with E-state index in [0.29, 0.717) is 11.4 Å². The van der Waals surface area contributed by atoms with Crippen molar-refractivity contribution in [3.8, 4) is 0 Å². The van der Waals surface area contributed by atoms with Gasteiger partial charge in [0.2, 0.25) is 0 Å². The average molecular weight is 330 g/mol. The molecule has 0 N–H and O–H groups in total. The Bertz CT molecular complexity index is 901. The highest BCUT2D eigenvalue weighted by Gasteiger charge is 2.14. The third-order valence-corrected chi connectivity index (χ3v) is 3.87. The molecular formula is C22H19FN2. The van der Waals surface area contributed by atoms with E-state index in [0.717, 1.165) is 16.9 Å². The first-order chi connectivity index (χ1) is 12.2. The van der Waals surface area contributed by atoms with Crippen molar-refractivity contribution in [2.75, 3.05) is 4.90 Å². The standard InChI is InChI=1S/C22H19FN2/c1-3-25(20-13-5-4-6-14-20)22(18-11-9-12-19(23)16-18)24-21-15-8-7-10-17(21)2/h3-16H,1H2,2H3. The Hall–Kier alpha value is -3.20. The zero-order valence-corrected chi connectivity index (χ0v) is 14.1. The van der Waals surface area contributed by atoms with Crippen LogP contribution in [0.3, 0.4) is 0 Å². The minimum Gasteiger partial charge on any atom is -0.302 e. The number of aliphatic imine (C=N–C) groups is 1. The van der Waals surface area contributed by atoms with Gasteiger partial charge >= 0.3 is 0 Å². The molecule has 3 aromatic carbocycles. The van der Waals surface area contributed by atoms with E-state index >= 15 is 0 Å². The third-order valence-electron chi connectivity index (χ3n) is 3.87. The molecule has 0 saturated carbocycles. The largest absolute Gasteiger partial charge is 0.302 e. The fraction of sp³-hybridized carbons (Fsp3) is 0.0455. The van der Waals surface area contributed by atoms with E-state index in [9.17, 15) is 4.39 Å². The SMILES string of the molecule is C=CN(C(=Nc1ccccc1C)c1cccc(F)c1)c1ccccc1. The van der Waals surface area contributed by atoms with Crippen LogP contribution in [-0.2, 0) is 0 Å². The maximum atomic E-state index is 13.8. The lowest BCUT2D eigenvalue weighted by Crippen LogP contribution is -2.26. The van der Waals surface area contributed by atoms with E-state index in [4.69, 9.17) is 4.99 Å². The summed E-state index contributed by atoms with van der Waals surface area (Å²) >= 11 is 0. The molecule has 124 valence electrons. The van der Waals surface area contributed by atoms with Crippen LogP contribution in [0.4, 0.5) is 15.8 Å². The summed E-state index contributed by atoms with van der Waals surface area (Å²) in [6.45, 7) is 5.92. The minimum absolute atomic E-state index is 0.299. The van der Waals surface area contributed by atoms with E-state index in [1.54, 1.807) is 12.3 Å². The first-order valence-electron chi connectivity index (χ1n) is 8.06. The van der Waals surface area contributed by atoms with Gasteiger partial charge in [-0.25, -0.2) is 9.38 Å². The summed E-state index contributed by atoms with van der Waals surface area (Å²) in [6, 6.07) is 24.1. The number of para-hydroxylation sites is 2. The molecule has 0 aliphatic carbocycles. The van der Waals surface area contributed by atoms with Gasteiger partial charge in [-0.2, -0.15) is 0 Å². The molecule has 0 heterocycles. The number of aryl methyl sites for hydroxylation is 1. The van der Waals surface area contributed by atoms with E-state index in [-0.39, 0.29) is 5.82 Å². The Morgan fingerprint density at radius 3 is 2.36 bits per heavy atom. The quantitative estimate of drug-likeness (QED) is 0.432. The maximum absolute atomic E-state index is 13.8. The summed E-state index contributed by atoms with van der Waals surface area (Å²) in [6.07, 6.45) is 1.69. The molecule has 25 heavy (non-hydrogen) atoms. The van der Waals surface area contributed by atoms with Gasteiger partial charge in [-0.1, -0.05) is 55.1 Å². The number of hydrogen-bond donors (Lipinski definition) is 0. The van der Waals surface area contributed by atoms with E-state index in [1.165, 1.54) is 12.1 Å². The summed E-state index contributed by atoms with van der Waals surface area (Å²) in [5.41, 5.74) is 3.49. The molecule has 0 aromatic heterocycles. The van der Waals surface area contributed by atoms with Crippen LogP contribution in [0.15, 0.2) is 96.6 Å². The van der Waals surface area contributed by atoms with Crippen molar-refractivity contribution >= 4 is 17.2 Å². The summed E-state index contributed by atoms with van der Waals surface area (Å²) in [5.74, 6) is 0.321. The monoisotopic (exact) mass is 330 g/mol. The van der Waals surface area contributed by atoms with Gasteiger partial charge in [0.1, 0.15) is 11.7 Å². The average Bonchev–Trinajstić information content (AvgIpc) is 2.64. The number of hydrogen-bond acceptors (Lipinski definition) is 1. The molecular weight excluding hydrogens is 311 g/mol. The molecule has 0 spiro atoms. The van der Waals surface area contributed by atoms with Crippen LogP contribution in [0.5, 0.6) is 0 Å². The number of halogens is 1. The van der Waals surface area contributed by atoms with Gasteiger partial charge in [0.05, 0.1) is 5.69 Å². The molecule has 2 nitrogen and oxygen atoms in total. The fourth-order valence-corrected chi connectivity index (χ4v) is 2.59. The zero-order chi connectivity index (χ0) is 17.6. The van der Waals surface area contributed by atoms with E-state index in [2.05, 4.69) is 6.58 Å². The van der Waals surface area contributed by atoms with Crippen molar-refractivity contribution in [3.05, 3.63) is 109 Å². The second kappa shape index (κ2) is 7.58. The van der Waals surface area contributed by atoms with Crippen molar-refractivity contribution in [1.29, 1.82) is 0 Å². The number of rotatable bonds is 4. The highest BCUT2D eigenvalue weighted by atomic mass is 19.1. The normalized spacial score (nSPS) is 11.2. The molecule has 0 saturated heterocycles. The van der Waals surface area contributed by atoms with Crippen molar-refractivity contribution in [2.24, 2.45) is 4.99 Å². The van der Waals surface area contributed by atoms with Gasteiger partial charge in [0.25, 0.3) is 0 Å². The highest BCUT2D eigenvalue weighted by molar-refractivity contribution is 6.12. The maximum Gasteiger partial charge on any atom is 0.145 e. The Balaban J connectivity index is 2.18. The van der Waals surface area contributed by atoms with Crippen LogP contribution in [0.25, 0.3) is 0 Å². The van der Waals surface area contributed by atoms with E-state index in [1.807, 2.05) is 72.5 Å². The fourth-order valence-electron chi connectivity index (χ4n) is 2.59. The van der Waals surface area contributed by atoms with Crippen LogP contribution in [0.2, 0.25) is 0 Å². The first-order valence-corrected chi connectivity index (χ1v) is 8.06. The first kappa shape index (κ1) is 16.7. The van der Waals surface area contributed by atoms with Crippen LogP contribution in [0, 0.1) is 12.7 Å². The Labute approximate surface area is 147 Å². The van der Waals surface area contributed by atoms with Gasteiger partial charge < -0.3 is 4.90 Å². The molecule has 0 aliphatic heterocycles. The number of benzene rings is 3. The van der Waals surface area contributed by atoms with Gasteiger partial charge in [-0.3, -0.25) is 0 Å². The second-order valence-corrected chi connectivity index (χ2v) is 5.62. The molecule has 0 fully saturated rings. The van der Waals surface area contributed by atoms with Gasteiger partial charge in [0, 0.05) is 17.5 Å². The molecule has 0 unspecified atom stereocenters. The molecule has 0 atom stereocenters. The van der Waals surface area contributed by atoms with E-state index < -0.39 is 0 Å². The van der Waals surface area contributed by atoms with Crippen molar-refractivity contribution in [2.45, 2.75) is 6.92 Å². The lowest BCUT2D eigenvalue weighted by atomic mass is 10.1. The summed E-state index contributed by atoms with van der Waals surface area (Å²) in [5, 5.41) is 0. The topological polar surface area (TPSA) is 15.6 Å². The molecule has 0 aliphatic rings. The number of amidine groups is 1. The molecule has 3 aromatic rings. The number of nitrogens with zero attached hydrogens (tertiary/aromatic N) is 2. The summed E-state index contributed by atoms with van der Waals surface area (Å²) in [7, 11) is 0. The minimum atomic E-state index is -0.299. The second-order valence-electron chi connectivity index (χ2n) is 5.62. The summed E-state index contributed by atoms with van der Waals surface area (Å²) < 4.78 is 13.8. The lowest BCUT2D eigenvalue weighted by Gasteiger charge is -2.23. The van der Waals surface area contributed by atoms with Gasteiger partial charge in [0.15, 0.2) is 0 Å². The summed E-state index contributed by atoms with van der Waals surface area (Å²) in [4.78, 5) is 6.68. The van der Waals surface area contributed by atoms with Crippen molar-refractivity contribution < 1.29 is 4.39 Å². The molecule has 3 rings (SSSR count). The van der Waals surface area contributed by atoms with Crippen LogP contribution in [0.1, 0.15) is 11.1 Å². The number of anilines is 1. The molecule has 3 heteroatoms. The third kappa shape index (κ3) is 3.83. The highest BCUT2D eigenvalue weighted by Crippen LogP contribution is 2.24. The zero-order valence-electron chi connectivity index (χ0n) is 14.1. The predicted octanol–water partition coefficient (Wildman–Crippen LogP) is 5.86. The Morgan fingerprint density at radius 2 is 1.68 bits per heavy atom. The Morgan fingerprint density at radius 1 is 0.960 bits per heavy atom. The molecule has 0 amide bonds. The predicted molar refractivity (Wildman–Crippen MR) is 103 cm³/mol. The van der Waals surface area contributed by atoms with Crippen LogP contribution in [-0.4, -0.2) is 5.84 Å². The lowest BCUT2D eigenvalue weighted by molar-refractivity contribution is 0.627. The van der Waals surface area contributed by atoms with Crippen LogP contribution < -0.4 is 4.90 Å². The van der Waals surface area contributed by atoms with Crippen LogP contribution >= 0.6 is 0 Å². The smallest absolute Gasteiger partial charge is 0.145 e. The molecule has 0 radical (unpaired) electrons. The Kier molecular flexibility index (Phi) is 5.05. The molecule has 0 bridgehead atoms. The van der Waals surface area contributed by atoms with Gasteiger partial charge in [-0.05, 0) is 42.8 Å². The van der Waals surface area contributed by atoms with Gasteiger partial charge in [-0.15, -0.1) is 0 Å². The van der Waals surface area contributed by atoms with Crippen molar-refractivity contribution in [1.82, 2.24) is 0 Å². The van der Waals surface area contributed by atoms with Crippen molar-refractivity contribution in [3.63, 3.8) is 0 Å².